The topological polar surface area (TPSA) is 85.7 Å². The number of nitrogens with zero attached hydrogens (tertiary/aromatic N) is 3. The Kier molecular flexibility index (Phi) is 6.67. The van der Waals surface area contributed by atoms with Crippen molar-refractivity contribution in [1.82, 2.24) is 15.1 Å². The molecule has 1 aliphatic rings. The Bertz CT molecular complexity index is 425. The van der Waals surface area contributed by atoms with Crippen LogP contribution in [-0.4, -0.2) is 67.5 Å². The summed E-state index contributed by atoms with van der Waals surface area (Å²) in [4.78, 5) is 26.4. The molecule has 0 aromatic heterocycles. The van der Waals surface area contributed by atoms with Gasteiger partial charge in [-0.3, -0.25) is 4.79 Å². The van der Waals surface area contributed by atoms with Crippen LogP contribution in [0.2, 0.25) is 0 Å². The number of halogens is 1. The Morgan fingerprint density at radius 2 is 2.05 bits per heavy atom. The minimum atomic E-state index is -0.441. The van der Waals surface area contributed by atoms with Crippen LogP contribution in [0.15, 0.2) is 11.8 Å². The number of piperazine rings is 1. The number of ether oxygens (including phenoxy) is 1. The molecule has 0 aromatic carbocycles. The van der Waals surface area contributed by atoms with Crippen LogP contribution in [0.4, 0.5) is 4.79 Å². The van der Waals surface area contributed by atoms with Crippen LogP contribution in [0.3, 0.4) is 0 Å². The van der Waals surface area contributed by atoms with Gasteiger partial charge in [0.25, 0.3) is 5.91 Å². The van der Waals surface area contributed by atoms with Crippen molar-refractivity contribution in [3.8, 4) is 6.07 Å². The number of carbonyl (C=O) groups excluding carboxylic acids is 2. The first kappa shape index (κ1) is 16.1. The SMILES string of the molecule is COC(=O)N1CCN(/C=C(/C#N)C(=O)NCCCl)CC1. The van der Waals surface area contributed by atoms with Crippen LogP contribution in [-0.2, 0) is 9.53 Å². The van der Waals surface area contributed by atoms with Crippen molar-refractivity contribution in [2.24, 2.45) is 0 Å². The average Bonchev–Trinajstić information content (AvgIpc) is 2.50. The second-order valence-electron chi connectivity index (χ2n) is 4.09. The molecular weight excluding hydrogens is 284 g/mol. The third-order valence-electron chi connectivity index (χ3n) is 2.80. The molecule has 0 bridgehead atoms. The first-order chi connectivity index (χ1) is 9.62. The first-order valence-electron chi connectivity index (χ1n) is 6.15. The molecule has 0 aliphatic carbocycles. The molecule has 1 fully saturated rings. The molecule has 7 nitrogen and oxygen atoms in total. The minimum Gasteiger partial charge on any atom is -0.453 e. The highest BCUT2D eigenvalue weighted by atomic mass is 35.5. The fraction of sp³-hybridized carbons (Fsp3) is 0.583. The maximum Gasteiger partial charge on any atom is 0.409 e. The lowest BCUT2D eigenvalue weighted by Crippen LogP contribution is -2.47. The maximum absolute atomic E-state index is 11.7. The van der Waals surface area contributed by atoms with E-state index in [1.807, 2.05) is 11.0 Å². The van der Waals surface area contributed by atoms with Gasteiger partial charge in [-0.15, -0.1) is 11.6 Å². The van der Waals surface area contributed by atoms with Gasteiger partial charge in [0.2, 0.25) is 0 Å². The summed E-state index contributed by atoms with van der Waals surface area (Å²) in [5.74, 6) is -0.147. The molecule has 0 atom stereocenters. The summed E-state index contributed by atoms with van der Waals surface area (Å²) >= 11 is 5.47. The van der Waals surface area contributed by atoms with Crippen molar-refractivity contribution in [3.05, 3.63) is 11.8 Å². The quantitative estimate of drug-likeness (QED) is 0.453. The Balaban J connectivity index is 2.55. The van der Waals surface area contributed by atoms with Crippen molar-refractivity contribution in [1.29, 1.82) is 5.26 Å². The molecule has 0 spiro atoms. The smallest absolute Gasteiger partial charge is 0.409 e. The van der Waals surface area contributed by atoms with Crippen molar-refractivity contribution >= 4 is 23.6 Å². The van der Waals surface area contributed by atoms with Crippen LogP contribution in [0, 0.1) is 11.3 Å². The predicted molar refractivity (Wildman–Crippen MR) is 73.0 cm³/mol. The lowest BCUT2D eigenvalue weighted by atomic mass is 10.2. The van der Waals surface area contributed by atoms with Crippen LogP contribution in [0.5, 0.6) is 0 Å². The van der Waals surface area contributed by atoms with E-state index in [1.54, 1.807) is 4.90 Å². The lowest BCUT2D eigenvalue weighted by Gasteiger charge is -2.33. The van der Waals surface area contributed by atoms with Gasteiger partial charge in [-0.25, -0.2) is 4.79 Å². The molecule has 1 aliphatic heterocycles. The highest BCUT2D eigenvalue weighted by molar-refractivity contribution is 6.18. The number of nitriles is 1. The van der Waals surface area contributed by atoms with E-state index in [4.69, 9.17) is 16.9 Å². The molecule has 20 heavy (non-hydrogen) atoms. The van der Waals surface area contributed by atoms with Gasteiger partial charge < -0.3 is 19.9 Å². The van der Waals surface area contributed by atoms with Gasteiger partial charge in [0.15, 0.2) is 0 Å². The van der Waals surface area contributed by atoms with E-state index in [-0.39, 0.29) is 11.7 Å². The monoisotopic (exact) mass is 300 g/mol. The summed E-state index contributed by atoms with van der Waals surface area (Å²) in [6.07, 6.45) is 1.15. The molecule has 110 valence electrons. The third-order valence-corrected chi connectivity index (χ3v) is 2.99. The predicted octanol–water partition coefficient (Wildman–Crippen LogP) is 0.133. The molecule has 0 saturated carbocycles. The minimum absolute atomic E-state index is 0.0293. The molecule has 0 unspecified atom stereocenters. The fourth-order valence-electron chi connectivity index (χ4n) is 1.74. The van der Waals surface area contributed by atoms with Crippen LogP contribution < -0.4 is 5.32 Å². The zero-order valence-corrected chi connectivity index (χ0v) is 12.0. The number of carbonyl (C=O) groups is 2. The maximum atomic E-state index is 11.7. The van der Waals surface area contributed by atoms with E-state index < -0.39 is 5.91 Å². The number of amides is 2. The summed E-state index contributed by atoms with van der Waals surface area (Å²) < 4.78 is 4.63. The van der Waals surface area contributed by atoms with Gasteiger partial charge in [0, 0.05) is 44.8 Å². The summed E-state index contributed by atoms with van der Waals surface area (Å²) in [6, 6.07) is 1.86. The molecule has 1 rings (SSSR count). The van der Waals surface area contributed by atoms with Gasteiger partial charge in [-0.1, -0.05) is 0 Å². The highest BCUT2D eigenvalue weighted by Crippen LogP contribution is 2.06. The molecule has 0 radical (unpaired) electrons. The molecule has 2 amide bonds. The fourth-order valence-corrected chi connectivity index (χ4v) is 1.83. The molecule has 1 saturated heterocycles. The van der Waals surface area contributed by atoms with Crippen molar-refractivity contribution in [3.63, 3.8) is 0 Å². The van der Waals surface area contributed by atoms with Crippen molar-refractivity contribution in [2.45, 2.75) is 0 Å². The summed E-state index contributed by atoms with van der Waals surface area (Å²) in [5, 5.41) is 11.5. The number of methoxy groups -OCH3 is 1. The number of alkyl halides is 1. The Hall–Kier alpha value is -1.94. The zero-order valence-electron chi connectivity index (χ0n) is 11.3. The zero-order chi connectivity index (χ0) is 15.0. The van der Waals surface area contributed by atoms with Crippen molar-refractivity contribution < 1.29 is 14.3 Å². The van der Waals surface area contributed by atoms with Gasteiger partial charge in [-0.2, -0.15) is 5.26 Å². The molecular formula is C12H17ClN4O3. The van der Waals surface area contributed by atoms with Gasteiger partial charge in [-0.05, 0) is 0 Å². The Morgan fingerprint density at radius 1 is 1.40 bits per heavy atom. The van der Waals surface area contributed by atoms with E-state index in [0.29, 0.717) is 38.6 Å². The normalized spacial score (nSPS) is 15.6. The van der Waals surface area contributed by atoms with Gasteiger partial charge >= 0.3 is 6.09 Å². The standard InChI is InChI=1S/C12H17ClN4O3/c1-20-12(19)17-6-4-16(5-7-17)9-10(8-14)11(18)15-3-2-13/h9H,2-7H2,1H3,(H,15,18)/b10-9-. The summed E-state index contributed by atoms with van der Waals surface area (Å²) in [6.45, 7) is 2.39. The van der Waals surface area contributed by atoms with E-state index in [1.165, 1.54) is 13.3 Å². The molecule has 0 aromatic rings. The van der Waals surface area contributed by atoms with E-state index in [2.05, 4.69) is 10.1 Å². The van der Waals surface area contributed by atoms with E-state index in [9.17, 15) is 9.59 Å². The largest absolute Gasteiger partial charge is 0.453 e. The second kappa shape index (κ2) is 8.27. The average molecular weight is 301 g/mol. The van der Waals surface area contributed by atoms with Crippen LogP contribution in [0.1, 0.15) is 0 Å². The summed E-state index contributed by atoms with van der Waals surface area (Å²) in [7, 11) is 1.34. The van der Waals surface area contributed by atoms with Gasteiger partial charge in [0.1, 0.15) is 11.6 Å². The van der Waals surface area contributed by atoms with Crippen LogP contribution in [0.25, 0.3) is 0 Å². The van der Waals surface area contributed by atoms with Crippen molar-refractivity contribution in [2.75, 3.05) is 45.7 Å². The summed E-state index contributed by atoms with van der Waals surface area (Å²) in [5.41, 5.74) is 0.0293. The Labute approximate surface area is 122 Å². The van der Waals surface area contributed by atoms with Gasteiger partial charge in [0.05, 0.1) is 7.11 Å². The number of nitrogens with one attached hydrogen (secondary N) is 1. The first-order valence-corrected chi connectivity index (χ1v) is 6.68. The van der Waals surface area contributed by atoms with E-state index in [0.717, 1.165) is 0 Å². The molecule has 8 heteroatoms. The molecule has 1 heterocycles. The number of hydrogen-bond acceptors (Lipinski definition) is 5. The lowest BCUT2D eigenvalue weighted by molar-refractivity contribution is -0.117. The number of rotatable bonds is 4. The molecule has 1 N–H and O–H groups in total. The second-order valence-corrected chi connectivity index (χ2v) is 4.47. The number of hydrogen-bond donors (Lipinski definition) is 1. The third kappa shape index (κ3) is 4.63. The highest BCUT2D eigenvalue weighted by Gasteiger charge is 2.21. The Morgan fingerprint density at radius 3 is 2.55 bits per heavy atom. The van der Waals surface area contributed by atoms with E-state index >= 15 is 0 Å². The van der Waals surface area contributed by atoms with Crippen LogP contribution >= 0.6 is 11.6 Å².